The van der Waals surface area contributed by atoms with Gasteiger partial charge in [0.25, 0.3) is 5.09 Å². The predicted octanol–water partition coefficient (Wildman–Crippen LogP) is 4.03. The second-order valence-corrected chi connectivity index (χ2v) is 11.7. The van der Waals surface area contributed by atoms with Crippen LogP contribution < -0.4 is 0 Å². The summed E-state index contributed by atoms with van der Waals surface area (Å²) in [7, 11) is 0. The van der Waals surface area contributed by atoms with Crippen molar-refractivity contribution in [2.75, 3.05) is 6.61 Å². The zero-order valence-electron chi connectivity index (χ0n) is 23.0. The molecule has 3 saturated carbocycles. The summed E-state index contributed by atoms with van der Waals surface area (Å²) in [6.45, 7) is 7.59. The van der Waals surface area contributed by atoms with E-state index in [4.69, 9.17) is 14.3 Å². The molecule has 3 fully saturated rings. The molecule has 0 spiro atoms. The van der Waals surface area contributed by atoms with Crippen LogP contribution in [0.4, 0.5) is 4.39 Å². The van der Waals surface area contributed by atoms with Gasteiger partial charge in [-0.25, -0.2) is 4.39 Å². The summed E-state index contributed by atoms with van der Waals surface area (Å²) in [5.41, 5.74) is -6.16. The summed E-state index contributed by atoms with van der Waals surface area (Å²) in [6.07, 6.45) is 3.19. The highest BCUT2D eigenvalue weighted by molar-refractivity contribution is 6.01. The maximum atomic E-state index is 17.8. The van der Waals surface area contributed by atoms with E-state index < -0.39 is 75.4 Å². The lowest BCUT2D eigenvalue weighted by molar-refractivity contribution is -0.775. The van der Waals surface area contributed by atoms with Gasteiger partial charge >= 0.3 is 11.9 Å². The molecule has 10 nitrogen and oxygen atoms in total. The average molecular weight is 550 g/mol. The molecule has 0 aromatic carbocycles. The van der Waals surface area contributed by atoms with Crippen molar-refractivity contribution in [3.05, 3.63) is 33.9 Å². The second-order valence-electron chi connectivity index (χ2n) is 11.7. The van der Waals surface area contributed by atoms with Gasteiger partial charge in [0.15, 0.2) is 23.7 Å². The van der Waals surface area contributed by atoms with Crippen LogP contribution >= 0.6 is 0 Å². The molecule has 0 saturated heterocycles. The van der Waals surface area contributed by atoms with Gasteiger partial charge < -0.3 is 14.3 Å². The topological polar surface area (TPSA) is 139 Å². The summed E-state index contributed by atoms with van der Waals surface area (Å²) < 4.78 is 28.9. The molecule has 0 N–H and O–H groups in total. The Kier molecular flexibility index (Phi) is 7.27. The molecule has 0 aromatic rings. The Bertz CT molecular complexity index is 1170. The van der Waals surface area contributed by atoms with Gasteiger partial charge in [0.1, 0.15) is 6.10 Å². The lowest BCUT2D eigenvalue weighted by atomic mass is 9.44. The Hall–Kier alpha value is -3.11. The van der Waals surface area contributed by atoms with Crippen molar-refractivity contribution in [3.8, 4) is 0 Å². The minimum atomic E-state index is -2.28. The third-order valence-electron chi connectivity index (χ3n) is 10.0. The van der Waals surface area contributed by atoms with Gasteiger partial charge in [0.2, 0.25) is 5.78 Å². The lowest BCUT2D eigenvalue weighted by Crippen LogP contribution is -2.70. The van der Waals surface area contributed by atoms with E-state index in [1.54, 1.807) is 34.6 Å². The molecule has 0 radical (unpaired) electrons. The van der Waals surface area contributed by atoms with E-state index in [1.165, 1.54) is 18.2 Å². The fourth-order valence-electron chi connectivity index (χ4n) is 8.19. The highest BCUT2D eigenvalue weighted by atomic mass is 19.1. The van der Waals surface area contributed by atoms with Crippen LogP contribution in [0.2, 0.25) is 0 Å². The van der Waals surface area contributed by atoms with Crippen molar-refractivity contribution in [1.82, 2.24) is 0 Å². The molecule has 214 valence electrons. The van der Waals surface area contributed by atoms with Crippen LogP contribution in [0.15, 0.2) is 23.8 Å². The highest BCUT2D eigenvalue weighted by Crippen LogP contribution is 2.72. The van der Waals surface area contributed by atoms with Crippen molar-refractivity contribution < 1.29 is 43.0 Å². The third-order valence-corrected chi connectivity index (χ3v) is 10.0. The maximum Gasteiger partial charge on any atom is 0.306 e. The van der Waals surface area contributed by atoms with Gasteiger partial charge in [-0.15, -0.1) is 10.1 Å². The van der Waals surface area contributed by atoms with E-state index in [2.05, 4.69) is 0 Å². The summed E-state index contributed by atoms with van der Waals surface area (Å²) in [5.74, 6) is -4.10. The van der Waals surface area contributed by atoms with Crippen LogP contribution in [0.5, 0.6) is 0 Å². The van der Waals surface area contributed by atoms with Gasteiger partial charge in [0, 0.05) is 35.5 Å². The van der Waals surface area contributed by atoms with E-state index in [9.17, 15) is 29.3 Å². The number of fused-ring (bicyclic) bond motifs is 5. The van der Waals surface area contributed by atoms with Crippen molar-refractivity contribution in [2.45, 2.75) is 90.5 Å². The largest absolute Gasteiger partial charge is 0.457 e. The number of halogens is 1. The molecule has 39 heavy (non-hydrogen) atoms. The van der Waals surface area contributed by atoms with Gasteiger partial charge in [-0.2, -0.15) is 0 Å². The zero-order valence-corrected chi connectivity index (χ0v) is 23.0. The average Bonchev–Trinajstić information content (AvgIpc) is 3.09. The van der Waals surface area contributed by atoms with Gasteiger partial charge in [-0.3, -0.25) is 19.2 Å². The molecule has 4 aliphatic carbocycles. The van der Waals surface area contributed by atoms with Gasteiger partial charge in [-0.1, -0.05) is 39.3 Å². The first kappa shape index (κ1) is 28.9. The minimum Gasteiger partial charge on any atom is -0.457 e. The number of rotatable bonds is 8. The fraction of sp³-hybridized carbons (Fsp3) is 0.714. The molecule has 4 aliphatic rings. The van der Waals surface area contributed by atoms with E-state index in [1.807, 2.05) is 0 Å². The first-order chi connectivity index (χ1) is 18.2. The smallest absolute Gasteiger partial charge is 0.306 e. The van der Waals surface area contributed by atoms with Crippen LogP contribution in [0.3, 0.4) is 0 Å². The van der Waals surface area contributed by atoms with E-state index >= 15 is 4.39 Å². The Labute approximate surface area is 226 Å². The normalized spacial score (nSPS) is 40.5. The summed E-state index contributed by atoms with van der Waals surface area (Å²) in [6, 6.07) is 0. The summed E-state index contributed by atoms with van der Waals surface area (Å²) >= 11 is 0. The standard InChI is InChI=1S/C28H36FNO9/c1-6-23(33)37-15-21(32)28(38-24(34)7-2)16(3)12-20-19-9-8-17-13-18(31)10-11-25(17,4)27(19,29)22(39-30(35)36)14-26(20,28)5/h10-11,13,16,19-20,22H,6-9,12,14-15H2,1-5H3/t16-,19-,20-,22-,25-,26-,27?,28-/m0/s1. The van der Waals surface area contributed by atoms with Crippen molar-refractivity contribution in [3.63, 3.8) is 0 Å². The maximum absolute atomic E-state index is 17.8. The van der Waals surface area contributed by atoms with E-state index in [-0.39, 0.29) is 31.5 Å². The number of nitrogens with zero attached hydrogens (tertiary/aromatic N) is 1. The van der Waals surface area contributed by atoms with Crippen LogP contribution in [0.1, 0.15) is 73.1 Å². The first-order valence-corrected chi connectivity index (χ1v) is 13.6. The molecule has 0 amide bonds. The number of allylic oxidation sites excluding steroid dienone is 4. The number of ether oxygens (including phenoxy) is 2. The van der Waals surface area contributed by atoms with Crippen molar-refractivity contribution in [2.24, 2.45) is 28.6 Å². The van der Waals surface area contributed by atoms with Crippen molar-refractivity contribution in [1.29, 1.82) is 0 Å². The van der Waals surface area contributed by atoms with Crippen LogP contribution in [-0.4, -0.2) is 52.6 Å². The number of alkyl halides is 1. The van der Waals surface area contributed by atoms with Gasteiger partial charge in [-0.05, 0) is 50.7 Å². The molecule has 0 bridgehead atoms. The first-order valence-electron chi connectivity index (χ1n) is 13.6. The van der Waals surface area contributed by atoms with Crippen LogP contribution in [0.25, 0.3) is 0 Å². The number of hydrogen-bond acceptors (Lipinski definition) is 9. The second kappa shape index (κ2) is 9.82. The third kappa shape index (κ3) is 4.02. The van der Waals surface area contributed by atoms with Crippen molar-refractivity contribution >= 4 is 23.5 Å². The summed E-state index contributed by atoms with van der Waals surface area (Å²) in [4.78, 5) is 67.5. The SMILES string of the molecule is CCC(=O)OCC(=O)[C@@]1(OC(=O)CC)[C@@H](C)C[C@H]2[C@@H]3CCC4=CC(=O)C=C[C@]4(C)C3(F)[C@@H](O[N+](=O)[O-])C[C@@]21C. The molecule has 11 heteroatoms. The number of ketones is 2. The molecular formula is C28H36FNO9. The monoisotopic (exact) mass is 549 g/mol. The highest BCUT2D eigenvalue weighted by Gasteiger charge is 2.78. The van der Waals surface area contributed by atoms with E-state index in [0.29, 0.717) is 18.4 Å². The number of carbonyl (C=O) groups excluding carboxylic acids is 4. The molecule has 0 aromatic heterocycles. The molecule has 1 unspecified atom stereocenters. The van der Waals surface area contributed by atoms with Crippen LogP contribution in [-0.2, 0) is 33.5 Å². The number of hydrogen-bond donors (Lipinski definition) is 0. The predicted molar refractivity (Wildman–Crippen MR) is 134 cm³/mol. The molecule has 8 atom stereocenters. The lowest BCUT2D eigenvalue weighted by Gasteiger charge is -2.63. The van der Waals surface area contributed by atoms with E-state index in [0.717, 1.165) is 0 Å². The Morgan fingerprint density at radius 3 is 2.44 bits per heavy atom. The van der Waals surface area contributed by atoms with Crippen LogP contribution in [0, 0.1) is 38.7 Å². The Morgan fingerprint density at radius 2 is 1.82 bits per heavy atom. The molecule has 4 rings (SSSR count). The zero-order chi connectivity index (χ0) is 29.0. The molecule has 0 heterocycles. The quantitative estimate of drug-likeness (QED) is 0.249. The number of Topliss-reactive ketones (excluding diaryl/α,β-unsaturated/α-hetero) is 1. The Morgan fingerprint density at radius 1 is 1.15 bits per heavy atom. The summed E-state index contributed by atoms with van der Waals surface area (Å²) in [5, 5.41) is 10.7. The van der Waals surface area contributed by atoms with Gasteiger partial charge in [0.05, 0.1) is 0 Å². The fourth-order valence-corrected chi connectivity index (χ4v) is 8.19. The Balaban J connectivity index is 1.87. The number of esters is 2. The molecular weight excluding hydrogens is 513 g/mol. The number of carbonyl (C=O) groups is 4. The molecule has 0 aliphatic heterocycles. The minimum absolute atomic E-state index is 0.0341.